The van der Waals surface area contributed by atoms with Crippen LogP contribution in [0.2, 0.25) is 10.0 Å². The molecule has 4 heteroatoms. The van der Waals surface area contributed by atoms with Crippen molar-refractivity contribution in [1.29, 1.82) is 0 Å². The molecule has 0 bridgehead atoms. The van der Waals surface area contributed by atoms with Gasteiger partial charge in [-0.3, -0.25) is 5.43 Å². The summed E-state index contributed by atoms with van der Waals surface area (Å²) in [4.78, 5) is 0. The van der Waals surface area contributed by atoms with Crippen LogP contribution >= 0.6 is 23.2 Å². The highest BCUT2D eigenvalue weighted by Crippen LogP contribution is 2.24. The average molecular weight is 341 g/mol. The molecule has 2 nitrogen and oxygen atoms in total. The minimum atomic E-state index is 0.507. The van der Waals surface area contributed by atoms with Gasteiger partial charge in [-0.05, 0) is 24.3 Å². The molecule has 0 aliphatic rings. The van der Waals surface area contributed by atoms with Gasteiger partial charge in [-0.1, -0.05) is 77.8 Å². The standard InChI is InChI=1S/C19H14Cl2N2/c20-17-12-11-15(13-18(17)21)19(14-7-3-1-4-8-14)23-22-16-9-5-2-6-10-16/h1-13,22H/b23-19+. The number of benzene rings is 3. The number of halogens is 2. The third kappa shape index (κ3) is 3.92. The van der Waals surface area contributed by atoms with E-state index in [9.17, 15) is 0 Å². The lowest BCUT2D eigenvalue weighted by Gasteiger charge is -2.09. The molecule has 3 aromatic carbocycles. The van der Waals surface area contributed by atoms with Gasteiger partial charge in [0.05, 0.1) is 21.4 Å². The molecule has 0 saturated carbocycles. The van der Waals surface area contributed by atoms with Crippen molar-refractivity contribution in [2.45, 2.75) is 0 Å². The van der Waals surface area contributed by atoms with Crippen molar-refractivity contribution in [2.75, 3.05) is 5.43 Å². The smallest absolute Gasteiger partial charge is 0.0978 e. The molecule has 0 radical (unpaired) electrons. The second-order valence-corrected chi connectivity index (χ2v) is 5.75. The summed E-state index contributed by atoms with van der Waals surface area (Å²) in [6.45, 7) is 0. The number of hydrogen-bond acceptors (Lipinski definition) is 2. The Balaban J connectivity index is 2.01. The third-order valence-electron chi connectivity index (χ3n) is 3.31. The summed E-state index contributed by atoms with van der Waals surface area (Å²) in [5.41, 5.74) is 6.70. The molecule has 0 saturated heterocycles. The van der Waals surface area contributed by atoms with Gasteiger partial charge in [0.15, 0.2) is 0 Å². The van der Waals surface area contributed by atoms with Gasteiger partial charge in [0.25, 0.3) is 0 Å². The molecule has 114 valence electrons. The maximum Gasteiger partial charge on any atom is 0.0978 e. The van der Waals surface area contributed by atoms with Crippen LogP contribution in [-0.4, -0.2) is 5.71 Å². The summed E-state index contributed by atoms with van der Waals surface area (Å²) in [5.74, 6) is 0. The summed E-state index contributed by atoms with van der Waals surface area (Å²) >= 11 is 12.2. The van der Waals surface area contributed by atoms with E-state index in [1.807, 2.05) is 72.8 Å². The van der Waals surface area contributed by atoms with E-state index in [2.05, 4.69) is 10.5 Å². The lowest BCUT2D eigenvalue weighted by atomic mass is 10.0. The first-order valence-electron chi connectivity index (χ1n) is 7.13. The molecule has 1 N–H and O–H groups in total. The summed E-state index contributed by atoms with van der Waals surface area (Å²) in [5, 5.41) is 5.60. The largest absolute Gasteiger partial charge is 0.278 e. The fraction of sp³-hybridized carbons (Fsp3) is 0. The van der Waals surface area contributed by atoms with Crippen LogP contribution in [0.4, 0.5) is 5.69 Å². The highest BCUT2D eigenvalue weighted by molar-refractivity contribution is 6.42. The topological polar surface area (TPSA) is 24.4 Å². The van der Waals surface area contributed by atoms with Crippen LogP contribution in [-0.2, 0) is 0 Å². The van der Waals surface area contributed by atoms with Crippen molar-refractivity contribution in [3.8, 4) is 0 Å². The average Bonchev–Trinajstić information content (AvgIpc) is 2.60. The number of nitrogens with one attached hydrogen (secondary N) is 1. The zero-order valence-electron chi connectivity index (χ0n) is 12.2. The monoisotopic (exact) mass is 340 g/mol. The maximum atomic E-state index is 6.16. The molecular formula is C19H14Cl2N2. The first-order valence-corrected chi connectivity index (χ1v) is 7.89. The Kier molecular flexibility index (Phi) is 4.96. The molecular weight excluding hydrogens is 327 g/mol. The van der Waals surface area contributed by atoms with Crippen molar-refractivity contribution >= 4 is 34.6 Å². The Labute approximate surface area is 145 Å². The van der Waals surface area contributed by atoms with Crippen LogP contribution in [0.25, 0.3) is 0 Å². The molecule has 0 heterocycles. The van der Waals surface area contributed by atoms with Crippen LogP contribution in [0.5, 0.6) is 0 Å². The normalized spacial score (nSPS) is 11.3. The summed E-state index contributed by atoms with van der Waals surface area (Å²) < 4.78 is 0. The van der Waals surface area contributed by atoms with Crippen molar-refractivity contribution < 1.29 is 0 Å². The van der Waals surface area contributed by atoms with Crippen LogP contribution < -0.4 is 5.43 Å². The Morgan fingerprint density at radius 3 is 2.00 bits per heavy atom. The molecule has 0 aliphatic heterocycles. The van der Waals surface area contributed by atoms with Gasteiger partial charge in [0.2, 0.25) is 0 Å². The van der Waals surface area contributed by atoms with Gasteiger partial charge in [0, 0.05) is 11.1 Å². The number of anilines is 1. The van der Waals surface area contributed by atoms with E-state index in [0.717, 1.165) is 22.5 Å². The fourth-order valence-corrected chi connectivity index (χ4v) is 2.47. The molecule has 0 spiro atoms. The lowest BCUT2D eigenvalue weighted by Crippen LogP contribution is -2.06. The van der Waals surface area contributed by atoms with E-state index in [4.69, 9.17) is 23.2 Å². The Bertz CT molecular complexity index is 815. The Morgan fingerprint density at radius 1 is 0.696 bits per heavy atom. The predicted octanol–water partition coefficient (Wildman–Crippen LogP) is 5.86. The molecule has 23 heavy (non-hydrogen) atoms. The van der Waals surface area contributed by atoms with Crippen molar-refractivity contribution in [3.63, 3.8) is 0 Å². The van der Waals surface area contributed by atoms with Crippen molar-refractivity contribution in [3.05, 3.63) is 100 Å². The van der Waals surface area contributed by atoms with Crippen molar-refractivity contribution in [2.24, 2.45) is 5.10 Å². The number of hydrazone groups is 1. The fourth-order valence-electron chi connectivity index (χ4n) is 2.17. The van der Waals surface area contributed by atoms with Gasteiger partial charge in [-0.25, -0.2) is 0 Å². The Morgan fingerprint density at radius 2 is 1.35 bits per heavy atom. The molecule has 0 atom stereocenters. The first kappa shape index (κ1) is 15.6. The minimum Gasteiger partial charge on any atom is -0.278 e. The van der Waals surface area contributed by atoms with Crippen LogP contribution in [0.1, 0.15) is 11.1 Å². The van der Waals surface area contributed by atoms with Crippen LogP contribution in [0, 0.1) is 0 Å². The highest BCUT2D eigenvalue weighted by Gasteiger charge is 2.09. The zero-order valence-corrected chi connectivity index (χ0v) is 13.7. The number of para-hydroxylation sites is 1. The van der Waals surface area contributed by atoms with E-state index < -0.39 is 0 Å². The summed E-state index contributed by atoms with van der Waals surface area (Å²) in [6.07, 6.45) is 0. The van der Waals surface area contributed by atoms with Crippen LogP contribution in [0.3, 0.4) is 0 Å². The quantitative estimate of drug-likeness (QED) is 0.467. The summed E-state index contributed by atoms with van der Waals surface area (Å²) in [7, 11) is 0. The highest BCUT2D eigenvalue weighted by atomic mass is 35.5. The van der Waals surface area contributed by atoms with Gasteiger partial charge in [-0.15, -0.1) is 0 Å². The van der Waals surface area contributed by atoms with Crippen LogP contribution in [0.15, 0.2) is 84.0 Å². The van der Waals surface area contributed by atoms with E-state index >= 15 is 0 Å². The number of nitrogens with zero attached hydrogens (tertiary/aromatic N) is 1. The second-order valence-electron chi connectivity index (χ2n) is 4.93. The second kappa shape index (κ2) is 7.32. The van der Waals surface area contributed by atoms with Gasteiger partial charge in [-0.2, -0.15) is 5.10 Å². The molecule has 3 aromatic rings. The molecule has 0 aromatic heterocycles. The van der Waals surface area contributed by atoms with Gasteiger partial charge >= 0.3 is 0 Å². The Hall–Kier alpha value is -2.29. The molecule has 0 unspecified atom stereocenters. The van der Waals surface area contributed by atoms with E-state index in [0.29, 0.717) is 10.0 Å². The lowest BCUT2D eigenvalue weighted by molar-refractivity contribution is 1.32. The van der Waals surface area contributed by atoms with E-state index in [1.54, 1.807) is 6.07 Å². The van der Waals surface area contributed by atoms with E-state index in [-0.39, 0.29) is 0 Å². The number of hydrogen-bond donors (Lipinski definition) is 1. The van der Waals surface area contributed by atoms with Crippen molar-refractivity contribution in [1.82, 2.24) is 0 Å². The van der Waals surface area contributed by atoms with Gasteiger partial charge in [0.1, 0.15) is 0 Å². The molecule has 3 rings (SSSR count). The minimum absolute atomic E-state index is 0.507. The summed E-state index contributed by atoms with van der Waals surface area (Å²) in [6, 6.07) is 25.3. The van der Waals surface area contributed by atoms with Gasteiger partial charge < -0.3 is 0 Å². The molecule has 0 fully saturated rings. The third-order valence-corrected chi connectivity index (χ3v) is 4.05. The molecule has 0 amide bonds. The molecule has 0 aliphatic carbocycles. The predicted molar refractivity (Wildman–Crippen MR) is 98.6 cm³/mol. The maximum absolute atomic E-state index is 6.16. The number of rotatable bonds is 4. The zero-order chi connectivity index (χ0) is 16.1. The SMILES string of the molecule is Clc1ccc(/C(=N/Nc2ccccc2)c2ccccc2)cc1Cl. The first-order chi connectivity index (χ1) is 11.2. The van der Waals surface area contributed by atoms with E-state index in [1.165, 1.54) is 0 Å².